The van der Waals surface area contributed by atoms with Gasteiger partial charge in [0.05, 0.1) is 15.5 Å². The number of ether oxygens (including phenoxy) is 1. The number of carbonyl (C=O) groups excluding carboxylic acids is 1. The Kier molecular flexibility index (Phi) is 7.86. The highest BCUT2D eigenvalue weighted by atomic mass is 35.5. The van der Waals surface area contributed by atoms with Gasteiger partial charge in [0.2, 0.25) is 10.0 Å². The quantitative estimate of drug-likeness (QED) is 0.422. The van der Waals surface area contributed by atoms with Gasteiger partial charge in [-0.3, -0.25) is 4.79 Å². The van der Waals surface area contributed by atoms with Gasteiger partial charge >= 0.3 is 6.18 Å². The Morgan fingerprint density at radius 1 is 1.03 bits per heavy atom. The third-order valence-electron chi connectivity index (χ3n) is 4.70. The van der Waals surface area contributed by atoms with E-state index < -0.39 is 40.3 Å². The molecule has 1 atom stereocenters. The van der Waals surface area contributed by atoms with Crippen LogP contribution in [0.15, 0.2) is 77.7 Å². The van der Waals surface area contributed by atoms with Crippen LogP contribution in [0, 0.1) is 0 Å². The van der Waals surface area contributed by atoms with E-state index in [0.29, 0.717) is 0 Å². The van der Waals surface area contributed by atoms with Crippen LogP contribution in [-0.4, -0.2) is 20.9 Å². The van der Waals surface area contributed by atoms with E-state index in [4.69, 9.17) is 16.3 Å². The lowest BCUT2D eigenvalue weighted by atomic mass is 10.1. The second kappa shape index (κ2) is 10.5. The maximum atomic E-state index is 12.7. The molecule has 1 amide bonds. The monoisotopic (exact) mass is 512 g/mol. The van der Waals surface area contributed by atoms with Gasteiger partial charge in [0.15, 0.2) is 6.61 Å². The summed E-state index contributed by atoms with van der Waals surface area (Å²) in [5, 5.41) is 2.37. The zero-order valence-electron chi connectivity index (χ0n) is 17.8. The van der Waals surface area contributed by atoms with Crippen LogP contribution in [0.2, 0.25) is 5.02 Å². The largest absolute Gasteiger partial charge is 0.482 e. The number of alkyl halides is 3. The second-order valence-electron chi connectivity index (χ2n) is 7.26. The summed E-state index contributed by atoms with van der Waals surface area (Å²) in [4.78, 5) is 12.0. The standard InChI is InChI=1S/C23H20ClF3N2O4S/c1-15(16-5-3-2-4-6-16)29-34(31,32)19-11-12-21(20(24)13-19)33-14-22(30)28-18-9-7-17(8-10-18)23(25,26)27/h2-13,15,29H,14H2,1H3,(H,28,30). The normalized spacial score (nSPS) is 12.7. The van der Waals surface area contributed by atoms with Gasteiger partial charge in [-0.25, -0.2) is 13.1 Å². The summed E-state index contributed by atoms with van der Waals surface area (Å²) in [5.41, 5.74) is 0.111. The summed E-state index contributed by atoms with van der Waals surface area (Å²) in [6, 6.07) is 16.3. The van der Waals surface area contributed by atoms with Crippen molar-refractivity contribution in [2.45, 2.75) is 24.0 Å². The molecule has 0 fully saturated rings. The lowest BCUT2D eigenvalue weighted by Gasteiger charge is -2.15. The van der Waals surface area contributed by atoms with Crippen LogP contribution < -0.4 is 14.8 Å². The molecule has 0 saturated heterocycles. The van der Waals surface area contributed by atoms with Gasteiger partial charge in [0.25, 0.3) is 5.91 Å². The summed E-state index contributed by atoms with van der Waals surface area (Å²) >= 11 is 6.14. The number of carbonyl (C=O) groups is 1. The molecule has 0 spiro atoms. The molecule has 3 aromatic rings. The first kappa shape index (κ1) is 25.5. The lowest BCUT2D eigenvalue weighted by Crippen LogP contribution is -2.27. The summed E-state index contributed by atoms with van der Waals surface area (Å²) in [5.74, 6) is -0.565. The fourth-order valence-corrected chi connectivity index (χ4v) is 4.52. The van der Waals surface area contributed by atoms with Crippen molar-refractivity contribution in [2.24, 2.45) is 0 Å². The summed E-state index contributed by atoms with van der Waals surface area (Å²) in [6.45, 7) is 1.22. The van der Waals surface area contributed by atoms with E-state index in [2.05, 4.69) is 10.0 Å². The van der Waals surface area contributed by atoms with Crippen molar-refractivity contribution in [3.8, 4) is 5.75 Å². The lowest BCUT2D eigenvalue weighted by molar-refractivity contribution is -0.137. The number of sulfonamides is 1. The topological polar surface area (TPSA) is 84.5 Å². The molecular weight excluding hydrogens is 493 g/mol. The number of nitrogens with one attached hydrogen (secondary N) is 2. The van der Waals surface area contributed by atoms with Gasteiger partial charge in [0.1, 0.15) is 5.75 Å². The van der Waals surface area contributed by atoms with Crippen LogP contribution in [0.5, 0.6) is 5.75 Å². The maximum absolute atomic E-state index is 12.7. The highest BCUT2D eigenvalue weighted by molar-refractivity contribution is 7.89. The summed E-state index contributed by atoms with van der Waals surface area (Å²) in [6.07, 6.45) is -4.48. The number of rotatable bonds is 8. The van der Waals surface area contributed by atoms with Crippen molar-refractivity contribution in [3.63, 3.8) is 0 Å². The molecule has 0 aliphatic heterocycles. The average molecular weight is 513 g/mol. The molecule has 0 aromatic heterocycles. The van der Waals surface area contributed by atoms with Gasteiger partial charge in [-0.2, -0.15) is 13.2 Å². The third kappa shape index (κ3) is 6.72. The Balaban J connectivity index is 1.60. The van der Waals surface area contributed by atoms with E-state index in [0.717, 1.165) is 29.8 Å². The molecule has 3 aromatic carbocycles. The van der Waals surface area contributed by atoms with Gasteiger partial charge in [-0.15, -0.1) is 0 Å². The van der Waals surface area contributed by atoms with Gasteiger partial charge in [-0.05, 0) is 55.0 Å². The Hall–Kier alpha value is -3.08. The van der Waals surface area contributed by atoms with E-state index >= 15 is 0 Å². The highest BCUT2D eigenvalue weighted by Crippen LogP contribution is 2.30. The molecule has 3 rings (SSSR count). The number of anilines is 1. The van der Waals surface area contributed by atoms with Crippen LogP contribution >= 0.6 is 11.6 Å². The first-order valence-electron chi connectivity index (χ1n) is 9.92. The van der Waals surface area contributed by atoms with Gasteiger partial charge in [-0.1, -0.05) is 41.9 Å². The fraction of sp³-hybridized carbons (Fsp3) is 0.174. The van der Waals surface area contributed by atoms with Crippen molar-refractivity contribution in [2.75, 3.05) is 11.9 Å². The predicted octanol–water partition coefficient (Wildman–Crippen LogP) is 5.42. The first-order chi connectivity index (χ1) is 16.0. The van der Waals surface area contributed by atoms with E-state index in [1.54, 1.807) is 31.2 Å². The Morgan fingerprint density at radius 3 is 2.26 bits per heavy atom. The van der Waals surface area contributed by atoms with Crippen LogP contribution in [-0.2, 0) is 21.0 Å². The minimum absolute atomic E-state index is 0.0300. The van der Waals surface area contributed by atoms with E-state index in [1.807, 2.05) is 6.07 Å². The van der Waals surface area contributed by atoms with Crippen LogP contribution in [0.25, 0.3) is 0 Å². The SMILES string of the molecule is CC(NS(=O)(=O)c1ccc(OCC(=O)Nc2ccc(C(F)(F)F)cc2)c(Cl)c1)c1ccccc1. The van der Waals surface area contributed by atoms with E-state index in [1.165, 1.54) is 18.2 Å². The van der Waals surface area contributed by atoms with Crippen LogP contribution in [0.1, 0.15) is 24.1 Å². The molecule has 0 saturated carbocycles. The van der Waals surface area contributed by atoms with Gasteiger partial charge in [0, 0.05) is 11.7 Å². The van der Waals surface area contributed by atoms with E-state index in [9.17, 15) is 26.4 Å². The third-order valence-corrected chi connectivity index (χ3v) is 6.53. The molecule has 0 aliphatic rings. The zero-order chi connectivity index (χ0) is 24.9. The number of hydrogen-bond donors (Lipinski definition) is 2. The molecule has 0 aliphatic carbocycles. The molecule has 2 N–H and O–H groups in total. The molecular formula is C23H20ClF3N2O4S. The molecule has 1 unspecified atom stereocenters. The van der Waals surface area contributed by atoms with Crippen molar-refractivity contribution in [1.29, 1.82) is 0 Å². The Labute approximate surface area is 199 Å². The minimum atomic E-state index is -4.48. The van der Waals surface area contributed by atoms with Crippen LogP contribution in [0.3, 0.4) is 0 Å². The van der Waals surface area contributed by atoms with Crippen molar-refractivity contribution < 1.29 is 31.1 Å². The molecule has 180 valence electrons. The second-order valence-corrected chi connectivity index (χ2v) is 9.38. The summed E-state index contributed by atoms with van der Waals surface area (Å²) in [7, 11) is -3.88. The van der Waals surface area contributed by atoms with Gasteiger partial charge < -0.3 is 10.1 Å². The molecule has 34 heavy (non-hydrogen) atoms. The fourth-order valence-electron chi connectivity index (χ4n) is 2.96. The maximum Gasteiger partial charge on any atom is 0.416 e. The molecule has 0 radical (unpaired) electrons. The number of hydrogen-bond acceptors (Lipinski definition) is 4. The predicted molar refractivity (Wildman–Crippen MR) is 122 cm³/mol. The summed E-state index contributed by atoms with van der Waals surface area (Å²) < 4.78 is 71.1. The number of halogens is 4. The van der Waals surface area contributed by atoms with Crippen molar-refractivity contribution in [3.05, 3.63) is 88.9 Å². The molecule has 0 bridgehead atoms. The minimum Gasteiger partial charge on any atom is -0.482 e. The van der Waals surface area contributed by atoms with Crippen molar-refractivity contribution >= 4 is 33.2 Å². The zero-order valence-corrected chi connectivity index (χ0v) is 19.3. The van der Waals surface area contributed by atoms with Crippen molar-refractivity contribution in [1.82, 2.24) is 4.72 Å². The smallest absolute Gasteiger partial charge is 0.416 e. The number of amides is 1. The number of benzene rings is 3. The van der Waals surface area contributed by atoms with Crippen LogP contribution in [0.4, 0.5) is 18.9 Å². The Bertz CT molecular complexity index is 1250. The molecule has 0 heterocycles. The highest BCUT2D eigenvalue weighted by Gasteiger charge is 2.30. The molecule has 6 nitrogen and oxygen atoms in total. The first-order valence-corrected chi connectivity index (χ1v) is 11.8. The molecule has 11 heteroatoms. The average Bonchev–Trinajstić information content (AvgIpc) is 2.78. The Morgan fingerprint density at radius 2 is 1.68 bits per heavy atom. The van der Waals surface area contributed by atoms with E-state index in [-0.39, 0.29) is 21.4 Å².